The van der Waals surface area contributed by atoms with Gasteiger partial charge in [0.15, 0.2) is 0 Å². The maximum Gasteiger partial charge on any atom is 0.210 e. The molecular weight excluding hydrogens is 330 g/mol. The summed E-state index contributed by atoms with van der Waals surface area (Å²) in [4.78, 5) is 14.2. The third kappa shape index (κ3) is 2.60. The lowest BCUT2D eigenvalue weighted by Gasteiger charge is -2.28. The van der Waals surface area contributed by atoms with Crippen molar-refractivity contribution < 1.29 is 4.79 Å². The first-order chi connectivity index (χ1) is 13.4. The monoisotopic (exact) mass is 351 g/mol. The van der Waals surface area contributed by atoms with Crippen LogP contribution in [-0.2, 0) is 4.79 Å². The maximum absolute atomic E-state index is 12.2. The van der Waals surface area contributed by atoms with Crippen molar-refractivity contribution >= 4 is 28.0 Å². The third-order valence-electron chi connectivity index (χ3n) is 5.92. The summed E-state index contributed by atoms with van der Waals surface area (Å²) in [5.41, 5.74) is 2.51. The van der Waals surface area contributed by atoms with E-state index in [1.807, 2.05) is 4.90 Å². The molecule has 2 atom stereocenters. The molecule has 1 amide bonds. The number of amides is 1. The smallest absolute Gasteiger partial charge is 0.210 e. The van der Waals surface area contributed by atoms with Crippen LogP contribution in [0.25, 0.3) is 21.5 Å². The molecule has 27 heavy (non-hydrogen) atoms. The molecule has 0 saturated carbocycles. The molecule has 132 valence electrons. The number of carbonyl (C=O) groups excluding carboxylic acids is 1. The minimum atomic E-state index is 0.123. The minimum absolute atomic E-state index is 0.123. The molecule has 0 unspecified atom stereocenters. The quantitative estimate of drug-likeness (QED) is 0.413. The van der Waals surface area contributed by atoms with Crippen LogP contribution in [0.5, 0.6) is 0 Å². The normalized spacial score (nSPS) is 19.6. The maximum atomic E-state index is 12.2. The molecule has 1 saturated heterocycles. The lowest BCUT2D eigenvalue weighted by Crippen LogP contribution is -2.25. The minimum Gasteiger partial charge on any atom is -0.331 e. The third-order valence-corrected chi connectivity index (χ3v) is 5.92. The Labute approximate surface area is 159 Å². The average Bonchev–Trinajstić information content (AvgIpc) is 3.16. The van der Waals surface area contributed by atoms with Gasteiger partial charge in [0, 0.05) is 0 Å². The van der Waals surface area contributed by atoms with E-state index in [0.29, 0.717) is 0 Å². The number of hydrogen-bond donors (Lipinski definition) is 0. The largest absolute Gasteiger partial charge is 0.331 e. The molecule has 0 radical (unpaired) electrons. The van der Waals surface area contributed by atoms with Crippen molar-refractivity contribution in [2.24, 2.45) is 0 Å². The zero-order valence-electron chi connectivity index (χ0n) is 15.1. The van der Waals surface area contributed by atoms with Crippen LogP contribution in [0.15, 0.2) is 84.9 Å². The summed E-state index contributed by atoms with van der Waals surface area (Å²) in [5.74, 6) is 0. The Hall–Kier alpha value is -3.13. The number of nitrogens with zero attached hydrogens (tertiary/aromatic N) is 1. The van der Waals surface area contributed by atoms with Crippen LogP contribution < -0.4 is 0 Å². The van der Waals surface area contributed by atoms with Crippen molar-refractivity contribution in [2.45, 2.75) is 24.9 Å². The van der Waals surface area contributed by atoms with E-state index < -0.39 is 0 Å². The molecule has 4 aromatic rings. The molecule has 0 N–H and O–H groups in total. The number of hydrogen-bond acceptors (Lipinski definition) is 1. The molecule has 2 nitrogen and oxygen atoms in total. The molecule has 2 heteroatoms. The van der Waals surface area contributed by atoms with Gasteiger partial charge in [-0.1, -0.05) is 84.9 Å². The predicted molar refractivity (Wildman–Crippen MR) is 111 cm³/mol. The lowest BCUT2D eigenvalue weighted by atomic mass is 9.97. The van der Waals surface area contributed by atoms with Crippen molar-refractivity contribution in [2.75, 3.05) is 0 Å². The first kappa shape index (κ1) is 16.1. The summed E-state index contributed by atoms with van der Waals surface area (Å²) in [6.07, 6.45) is 3.02. The van der Waals surface area contributed by atoms with Gasteiger partial charge < -0.3 is 4.90 Å². The van der Waals surface area contributed by atoms with E-state index in [0.717, 1.165) is 19.3 Å². The molecule has 0 aliphatic carbocycles. The van der Waals surface area contributed by atoms with Gasteiger partial charge >= 0.3 is 0 Å². The Kier molecular flexibility index (Phi) is 3.90. The summed E-state index contributed by atoms with van der Waals surface area (Å²) in [6, 6.07) is 30.0. The molecular formula is C25H21NO. The van der Waals surface area contributed by atoms with Crippen LogP contribution in [0.2, 0.25) is 0 Å². The van der Waals surface area contributed by atoms with E-state index in [1.54, 1.807) is 0 Å². The molecule has 5 rings (SSSR count). The van der Waals surface area contributed by atoms with Crippen LogP contribution >= 0.6 is 0 Å². The van der Waals surface area contributed by atoms with Crippen LogP contribution in [0.4, 0.5) is 0 Å². The van der Waals surface area contributed by atoms with E-state index in [-0.39, 0.29) is 12.1 Å². The highest BCUT2D eigenvalue weighted by Crippen LogP contribution is 2.45. The van der Waals surface area contributed by atoms with Gasteiger partial charge in [-0.15, -0.1) is 0 Å². The standard InChI is InChI=1S/C25H21NO/c27-17-26-24(22-13-5-9-18-7-1-3-11-20(18)22)15-16-25(26)23-14-6-10-19-8-2-4-12-21(19)23/h1-14,17,24-25H,15-16H2/t24-,25-/m1/s1. The molecule has 1 fully saturated rings. The topological polar surface area (TPSA) is 20.3 Å². The van der Waals surface area contributed by atoms with Crippen molar-refractivity contribution in [1.29, 1.82) is 0 Å². The van der Waals surface area contributed by atoms with Crippen molar-refractivity contribution in [1.82, 2.24) is 4.90 Å². The highest BCUT2D eigenvalue weighted by Gasteiger charge is 2.35. The average molecular weight is 351 g/mol. The van der Waals surface area contributed by atoms with Crippen molar-refractivity contribution in [3.63, 3.8) is 0 Å². The summed E-state index contributed by atoms with van der Waals surface area (Å²) in [5, 5.41) is 4.95. The van der Waals surface area contributed by atoms with E-state index in [9.17, 15) is 4.79 Å². The predicted octanol–water partition coefficient (Wildman–Crippen LogP) is 6.03. The van der Waals surface area contributed by atoms with Crippen LogP contribution in [0.1, 0.15) is 36.1 Å². The van der Waals surface area contributed by atoms with Crippen LogP contribution in [-0.4, -0.2) is 11.3 Å². The first-order valence-electron chi connectivity index (χ1n) is 9.55. The molecule has 0 aromatic heterocycles. The Balaban J connectivity index is 1.61. The van der Waals surface area contributed by atoms with Gasteiger partial charge in [0.05, 0.1) is 12.1 Å². The number of benzene rings is 4. The van der Waals surface area contributed by atoms with Crippen LogP contribution in [0, 0.1) is 0 Å². The number of fused-ring (bicyclic) bond motifs is 2. The molecule has 0 spiro atoms. The Morgan fingerprint density at radius 2 is 1.07 bits per heavy atom. The van der Waals surface area contributed by atoms with Gasteiger partial charge in [-0.3, -0.25) is 4.79 Å². The fourth-order valence-corrected chi connectivity index (χ4v) is 4.69. The van der Waals surface area contributed by atoms with E-state index >= 15 is 0 Å². The van der Waals surface area contributed by atoms with E-state index in [2.05, 4.69) is 84.9 Å². The highest BCUT2D eigenvalue weighted by molar-refractivity contribution is 5.87. The highest BCUT2D eigenvalue weighted by atomic mass is 16.1. The second kappa shape index (κ2) is 6.55. The lowest BCUT2D eigenvalue weighted by molar-refractivity contribution is -0.120. The second-order valence-corrected chi connectivity index (χ2v) is 7.30. The van der Waals surface area contributed by atoms with Gasteiger partial charge in [-0.25, -0.2) is 0 Å². The molecule has 1 aliphatic rings. The molecule has 1 aliphatic heterocycles. The van der Waals surface area contributed by atoms with Gasteiger partial charge in [-0.05, 0) is 45.5 Å². The summed E-state index contributed by atoms with van der Waals surface area (Å²) in [6.45, 7) is 0. The van der Waals surface area contributed by atoms with Gasteiger partial charge in [0.25, 0.3) is 0 Å². The summed E-state index contributed by atoms with van der Waals surface area (Å²) >= 11 is 0. The summed E-state index contributed by atoms with van der Waals surface area (Å²) < 4.78 is 0. The van der Waals surface area contributed by atoms with E-state index in [1.165, 1.54) is 32.7 Å². The fraction of sp³-hybridized carbons (Fsp3) is 0.160. The fourth-order valence-electron chi connectivity index (χ4n) is 4.69. The van der Waals surface area contributed by atoms with Crippen molar-refractivity contribution in [3.8, 4) is 0 Å². The Morgan fingerprint density at radius 3 is 1.56 bits per heavy atom. The van der Waals surface area contributed by atoms with Gasteiger partial charge in [-0.2, -0.15) is 0 Å². The van der Waals surface area contributed by atoms with Crippen molar-refractivity contribution in [3.05, 3.63) is 96.1 Å². The number of rotatable bonds is 3. The molecule has 1 heterocycles. The molecule has 0 bridgehead atoms. The zero-order chi connectivity index (χ0) is 18.2. The first-order valence-corrected chi connectivity index (χ1v) is 9.55. The summed E-state index contributed by atoms with van der Waals surface area (Å²) in [7, 11) is 0. The Bertz CT molecular complexity index is 1040. The zero-order valence-corrected chi connectivity index (χ0v) is 15.1. The Morgan fingerprint density at radius 1 is 0.630 bits per heavy atom. The number of likely N-dealkylation sites (tertiary alicyclic amines) is 1. The SMILES string of the molecule is O=CN1[C@@H](c2cccc3ccccc23)CC[C@@H]1c1cccc2ccccc12. The van der Waals surface area contributed by atoms with Crippen LogP contribution in [0.3, 0.4) is 0 Å². The molecule has 4 aromatic carbocycles. The van der Waals surface area contributed by atoms with E-state index in [4.69, 9.17) is 0 Å². The van der Waals surface area contributed by atoms with Gasteiger partial charge in [0.1, 0.15) is 0 Å². The van der Waals surface area contributed by atoms with Gasteiger partial charge in [0.2, 0.25) is 6.41 Å². The number of carbonyl (C=O) groups is 1. The second-order valence-electron chi connectivity index (χ2n) is 7.30.